The first kappa shape index (κ1) is 15.5. The second kappa shape index (κ2) is 6.68. The monoisotopic (exact) mass is 369 g/mol. The molecule has 2 rings (SSSR count). The number of halogens is 1. The SMILES string of the molecule is CNC(=O)c1ccc(NCc2cc(Br)cs2)c([N+](=O)[O-])c1. The van der Waals surface area contributed by atoms with Gasteiger partial charge in [-0.15, -0.1) is 11.3 Å². The molecule has 1 amide bonds. The van der Waals surface area contributed by atoms with Crippen LogP contribution in [0.25, 0.3) is 0 Å². The Bertz CT molecular complexity index is 687. The van der Waals surface area contributed by atoms with Gasteiger partial charge in [-0.3, -0.25) is 14.9 Å². The van der Waals surface area contributed by atoms with E-state index in [1.807, 2.05) is 11.4 Å². The zero-order chi connectivity index (χ0) is 15.4. The van der Waals surface area contributed by atoms with Crippen LogP contribution in [0.2, 0.25) is 0 Å². The average Bonchev–Trinajstić information content (AvgIpc) is 2.89. The van der Waals surface area contributed by atoms with Crippen molar-refractivity contribution in [3.05, 3.63) is 54.7 Å². The van der Waals surface area contributed by atoms with Gasteiger partial charge in [0.1, 0.15) is 5.69 Å². The maximum Gasteiger partial charge on any atom is 0.293 e. The van der Waals surface area contributed by atoms with E-state index in [1.165, 1.54) is 13.1 Å². The van der Waals surface area contributed by atoms with Gasteiger partial charge >= 0.3 is 0 Å². The zero-order valence-corrected chi connectivity index (χ0v) is 13.5. The number of thiophene rings is 1. The van der Waals surface area contributed by atoms with Crippen molar-refractivity contribution in [3.8, 4) is 0 Å². The molecule has 110 valence electrons. The predicted molar refractivity (Wildman–Crippen MR) is 85.8 cm³/mol. The lowest BCUT2D eigenvalue weighted by Gasteiger charge is -2.07. The highest BCUT2D eigenvalue weighted by atomic mass is 79.9. The summed E-state index contributed by atoms with van der Waals surface area (Å²) in [5.41, 5.74) is 0.525. The lowest BCUT2D eigenvalue weighted by Crippen LogP contribution is -2.18. The molecular formula is C13H12BrN3O3S. The molecule has 0 atom stereocenters. The molecule has 0 fully saturated rings. The lowest BCUT2D eigenvalue weighted by atomic mass is 10.1. The quantitative estimate of drug-likeness (QED) is 0.624. The van der Waals surface area contributed by atoms with Crippen LogP contribution < -0.4 is 10.6 Å². The minimum atomic E-state index is -0.501. The van der Waals surface area contributed by atoms with Crippen LogP contribution in [-0.2, 0) is 6.54 Å². The van der Waals surface area contributed by atoms with Crippen LogP contribution in [0.5, 0.6) is 0 Å². The van der Waals surface area contributed by atoms with Crippen molar-refractivity contribution in [1.82, 2.24) is 5.32 Å². The number of hydrogen-bond donors (Lipinski definition) is 2. The van der Waals surface area contributed by atoms with Crippen molar-refractivity contribution < 1.29 is 9.72 Å². The molecule has 21 heavy (non-hydrogen) atoms. The summed E-state index contributed by atoms with van der Waals surface area (Å²) < 4.78 is 0.980. The van der Waals surface area contributed by atoms with Gasteiger partial charge in [0.25, 0.3) is 11.6 Å². The van der Waals surface area contributed by atoms with Crippen LogP contribution in [0.15, 0.2) is 34.1 Å². The van der Waals surface area contributed by atoms with Crippen molar-refractivity contribution in [2.45, 2.75) is 6.54 Å². The molecular weight excluding hydrogens is 358 g/mol. The maximum absolute atomic E-state index is 11.5. The molecule has 0 saturated heterocycles. The van der Waals surface area contributed by atoms with E-state index < -0.39 is 4.92 Å². The van der Waals surface area contributed by atoms with E-state index in [9.17, 15) is 14.9 Å². The number of nitro groups is 1. The fraction of sp³-hybridized carbons (Fsp3) is 0.154. The van der Waals surface area contributed by atoms with E-state index in [1.54, 1.807) is 23.5 Å². The second-order valence-electron chi connectivity index (χ2n) is 4.15. The van der Waals surface area contributed by atoms with Crippen LogP contribution in [0.3, 0.4) is 0 Å². The first-order chi connectivity index (χ1) is 10.0. The molecule has 1 aromatic carbocycles. The third-order valence-electron chi connectivity index (χ3n) is 2.76. The number of benzene rings is 1. The zero-order valence-electron chi connectivity index (χ0n) is 11.1. The first-order valence-corrected chi connectivity index (χ1v) is 7.66. The number of hydrogen-bond acceptors (Lipinski definition) is 5. The highest BCUT2D eigenvalue weighted by Crippen LogP contribution is 2.27. The first-order valence-electron chi connectivity index (χ1n) is 5.98. The Kier molecular flexibility index (Phi) is 4.92. The van der Waals surface area contributed by atoms with Gasteiger partial charge < -0.3 is 10.6 Å². The summed E-state index contributed by atoms with van der Waals surface area (Å²) in [7, 11) is 1.48. The number of carbonyl (C=O) groups excluding carboxylic acids is 1. The van der Waals surface area contributed by atoms with Gasteiger partial charge in [-0.2, -0.15) is 0 Å². The summed E-state index contributed by atoms with van der Waals surface area (Å²) >= 11 is 4.91. The molecule has 8 heteroatoms. The van der Waals surface area contributed by atoms with Crippen molar-refractivity contribution in [2.75, 3.05) is 12.4 Å². The van der Waals surface area contributed by atoms with Gasteiger partial charge in [0.15, 0.2) is 0 Å². The molecule has 0 saturated carbocycles. The Morgan fingerprint density at radius 1 is 1.43 bits per heavy atom. The van der Waals surface area contributed by atoms with Crippen LogP contribution in [-0.4, -0.2) is 17.9 Å². The smallest absolute Gasteiger partial charge is 0.293 e. The van der Waals surface area contributed by atoms with E-state index in [0.29, 0.717) is 12.2 Å². The van der Waals surface area contributed by atoms with E-state index >= 15 is 0 Å². The summed E-state index contributed by atoms with van der Waals surface area (Å²) in [6, 6.07) is 6.32. The summed E-state index contributed by atoms with van der Waals surface area (Å²) in [6.45, 7) is 0.483. The van der Waals surface area contributed by atoms with Crippen molar-refractivity contribution in [2.24, 2.45) is 0 Å². The number of carbonyl (C=O) groups is 1. The molecule has 2 aromatic rings. The third kappa shape index (κ3) is 3.79. The Morgan fingerprint density at radius 2 is 2.19 bits per heavy atom. The molecule has 1 aromatic heterocycles. The van der Waals surface area contributed by atoms with Gasteiger partial charge in [-0.25, -0.2) is 0 Å². The van der Waals surface area contributed by atoms with Gasteiger partial charge in [0, 0.05) is 40.0 Å². The number of nitrogens with one attached hydrogen (secondary N) is 2. The molecule has 6 nitrogen and oxygen atoms in total. The highest BCUT2D eigenvalue weighted by Gasteiger charge is 2.17. The van der Waals surface area contributed by atoms with Crippen LogP contribution in [0.4, 0.5) is 11.4 Å². The minimum absolute atomic E-state index is 0.119. The van der Waals surface area contributed by atoms with Crippen molar-refractivity contribution >= 4 is 44.5 Å². The Hall–Kier alpha value is -1.93. The van der Waals surface area contributed by atoms with E-state index in [4.69, 9.17) is 0 Å². The van der Waals surface area contributed by atoms with Crippen LogP contribution in [0, 0.1) is 10.1 Å². The predicted octanol–water partition coefficient (Wildman–Crippen LogP) is 3.39. The average molecular weight is 370 g/mol. The lowest BCUT2D eigenvalue weighted by molar-refractivity contribution is -0.384. The summed E-state index contributed by atoms with van der Waals surface area (Å²) in [5.74, 6) is -0.355. The maximum atomic E-state index is 11.5. The van der Waals surface area contributed by atoms with Crippen molar-refractivity contribution in [1.29, 1.82) is 0 Å². The molecule has 1 heterocycles. The van der Waals surface area contributed by atoms with Crippen LogP contribution >= 0.6 is 27.3 Å². The van der Waals surface area contributed by atoms with Gasteiger partial charge in [-0.05, 0) is 34.1 Å². The van der Waals surface area contributed by atoms with E-state index in [-0.39, 0.29) is 17.2 Å². The largest absolute Gasteiger partial charge is 0.375 e. The minimum Gasteiger partial charge on any atom is -0.375 e. The molecule has 0 aliphatic carbocycles. The molecule has 0 bridgehead atoms. The van der Waals surface area contributed by atoms with Gasteiger partial charge in [0.05, 0.1) is 4.92 Å². The molecule has 0 aliphatic heterocycles. The number of anilines is 1. The number of nitrogens with zero attached hydrogens (tertiary/aromatic N) is 1. The fourth-order valence-corrected chi connectivity index (χ4v) is 3.14. The topological polar surface area (TPSA) is 84.3 Å². The molecule has 2 N–H and O–H groups in total. The third-order valence-corrected chi connectivity index (χ3v) is 4.46. The van der Waals surface area contributed by atoms with E-state index in [2.05, 4.69) is 26.6 Å². The Labute approximate surface area is 133 Å². The Balaban J connectivity index is 2.22. The molecule has 0 radical (unpaired) electrons. The number of rotatable bonds is 5. The second-order valence-corrected chi connectivity index (χ2v) is 6.06. The Morgan fingerprint density at radius 3 is 2.76 bits per heavy atom. The highest BCUT2D eigenvalue weighted by molar-refractivity contribution is 9.10. The summed E-state index contributed by atoms with van der Waals surface area (Å²) in [4.78, 5) is 23.2. The molecule has 0 aliphatic rings. The number of amides is 1. The van der Waals surface area contributed by atoms with E-state index in [0.717, 1.165) is 9.35 Å². The summed E-state index contributed by atoms with van der Waals surface area (Å²) in [6.07, 6.45) is 0. The standard InChI is InChI=1S/C13H12BrN3O3S/c1-15-13(18)8-2-3-11(12(4-8)17(19)20)16-6-10-5-9(14)7-21-10/h2-5,7,16H,6H2,1H3,(H,15,18). The van der Waals surface area contributed by atoms with Crippen LogP contribution in [0.1, 0.15) is 15.2 Å². The van der Waals surface area contributed by atoms with Crippen molar-refractivity contribution in [3.63, 3.8) is 0 Å². The number of nitro benzene ring substituents is 1. The van der Waals surface area contributed by atoms with Gasteiger partial charge in [0.2, 0.25) is 0 Å². The molecule has 0 unspecified atom stereocenters. The normalized spacial score (nSPS) is 10.2. The summed E-state index contributed by atoms with van der Waals surface area (Å²) in [5, 5.41) is 18.5. The fourth-order valence-electron chi connectivity index (χ4n) is 1.75. The molecule has 0 spiro atoms. The van der Waals surface area contributed by atoms with Gasteiger partial charge in [-0.1, -0.05) is 0 Å².